The summed E-state index contributed by atoms with van der Waals surface area (Å²) in [6.07, 6.45) is 2.56. The first-order valence-electron chi connectivity index (χ1n) is 7.12. The summed E-state index contributed by atoms with van der Waals surface area (Å²) in [5.74, 6) is 0.0988. The molecule has 0 spiro atoms. The first-order chi connectivity index (χ1) is 10.2. The highest BCUT2D eigenvalue weighted by Crippen LogP contribution is 2.12. The van der Waals surface area contributed by atoms with Gasteiger partial charge in [-0.3, -0.25) is 14.5 Å². The van der Waals surface area contributed by atoms with Crippen molar-refractivity contribution in [1.82, 2.24) is 15.1 Å². The predicted octanol–water partition coefficient (Wildman–Crippen LogP) is 1.20. The lowest BCUT2D eigenvalue weighted by Crippen LogP contribution is -2.40. The maximum absolute atomic E-state index is 12.3. The molecule has 0 saturated carbocycles. The van der Waals surface area contributed by atoms with Crippen LogP contribution in [-0.2, 0) is 4.79 Å². The molecule has 1 aliphatic rings. The van der Waals surface area contributed by atoms with Crippen molar-refractivity contribution in [1.29, 1.82) is 0 Å². The third-order valence-corrected chi connectivity index (χ3v) is 4.14. The van der Waals surface area contributed by atoms with E-state index in [1.807, 2.05) is 21.7 Å². The molecule has 5 nitrogen and oxygen atoms in total. The quantitative estimate of drug-likeness (QED) is 0.832. The minimum absolute atomic E-state index is 0.00695. The van der Waals surface area contributed by atoms with Crippen LogP contribution in [0.5, 0.6) is 0 Å². The average molecular weight is 307 g/mol. The van der Waals surface area contributed by atoms with Crippen molar-refractivity contribution >= 4 is 23.2 Å². The predicted molar refractivity (Wildman–Crippen MR) is 84.5 cm³/mol. The van der Waals surface area contributed by atoms with Crippen LogP contribution in [0.3, 0.4) is 0 Å². The molecule has 21 heavy (non-hydrogen) atoms. The van der Waals surface area contributed by atoms with E-state index in [0.717, 1.165) is 31.6 Å². The van der Waals surface area contributed by atoms with Gasteiger partial charge in [-0.1, -0.05) is 6.08 Å². The van der Waals surface area contributed by atoms with Gasteiger partial charge in [0.15, 0.2) is 0 Å². The van der Waals surface area contributed by atoms with Crippen molar-refractivity contribution < 1.29 is 9.59 Å². The van der Waals surface area contributed by atoms with Crippen LogP contribution in [0.1, 0.15) is 16.8 Å². The fraction of sp³-hybridized carbons (Fsp3) is 0.467. The van der Waals surface area contributed by atoms with Crippen molar-refractivity contribution in [3.8, 4) is 0 Å². The van der Waals surface area contributed by atoms with E-state index in [1.165, 1.54) is 11.3 Å². The summed E-state index contributed by atoms with van der Waals surface area (Å²) < 4.78 is 0. The molecule has 2 rings (SSSR count). The van der Waals surface area contributed by atoms with Crippen LogP contribution < -0.4 is 5.32 Å². The summed E-state index contributed by atoms with van der Waals surface area (Å²) in [6, 6.07) is 1.86. The highest BCUT2D eigenvalue weighted by Gasteiger charge is 2.21. The lowest BCUT2D eigenvalue weighted by atomic mass is 10.3. The van der Waals surface area contributed by atoms with Gasteiger partial charge in [0.05, 0.1) is 12.1 Å². The minimum atomic E-state index is 0.00695. The second-order valence-corrected chi connectivity index (χ2v) is 5.81. The van der Waals surface area contributed by atoms with E-state index >= 15 is 0 Å². The van der Waals surface area contributed by atoms with E-state index in [4.69, 9.17) is 0 Å². The molecule has 1 fully saturated rings. The van der Waals surface area contributed by atoms with Crippen molar-refractivity contribution in [3.05, 3.63) is 35.0 Å². The largest absolute Gasteiger partial charge is 0.352 e. The molecule has 1 N–H and O–H groups in total. The van der Waals surface area contributed by atoms with Crippen molar-refractivity contribution in [2.24, 2.45) is 0 Å². The number of nitrogens with zero attached hydrogens (tertiary/aromatic N) is 2. The van der Waals surface area contributed by atoms with Gasteiger partial charge in [0.25, 0.3) is 5.91 Å². The normalized spacial score (nSPS) is 16.3. The molecule has 1 aromatic heterocycles. The van der Waals surface area contributed by atoms with Gasteiger partial charge in [0.1, 0.15) is 0 Å². The van der Waals surface area contributed by atoms with Crippen molar-refractivity contribution in [3.63, 3.8) is 0 Å². The second-order valence-electron chi connectivity index (χ2n) is 5.03. The molecule has 0 atom stereocenters. The molecule has 6 heteroatoms. The van der Waals surface area contributed by atoms with Gasteiger partial charge < -0.3 is 10.2 Å². The molecule has 0 unspecified atom stereocenters. The zero-order valence-corrected chi connectivity index (χ0v) is 12.9. The number of hydrogen-bond acceptors (Lipinski definition) is 4. The van der Waals surface area contributed by atoms with Gasteiger partial charge >= 0.3 is 0 Å². The van der Waals surface area contributed by atoms with E-state index in [0.29, 0.717) is 19.6 Å². The summed E-state index contributed by atoms with van der Waals surface area (Å²) in [5, 5.41) is 6.58. The fourth-order valence-corrected chi connectivity index (χ4v) is 2.98. The van der Waals surface area contributed by atoms with Crippen molar-refractivity contribution in [2.45, 2.75) is 6.42 Å². The zero-order valence-electron chi connectivity index (χ0n) is 12.1. The molecule has 2 heterocycles. The number of amides is 2. The van der Waals surface area contributed by atoms with Gasteiger partial charge in [-0.05, 0) is 17.9 Å². The molecule has 0 aromatic carbocycles. The molecule has 0 radical (unpaired) electrons. The lowest BCUT2D eigenvalue weighted by Gasteiger charge is -2.21. The highest BCUT2D eigenvalue weighted by molar-refractivity contribution is 7.08. The van der Waals surface area contributed by atoms with Crippen LogP contribution in [0.25, 0.3) is 0 Å². The van der Waals surface area contributed by atoms with Crippen LogP contribution in [0.15, 0.2) is 29.5 Å². The Kier molecular flexibility index (Phi) is 5.95. The fourth-order valence-electron chi connectivity index (χ4n) is 2.35. The molecular formula is C15H21N3O2S. The summed E-state index contributed by atoms with van der Waals surface area (Å²) in [7, 11) is 0. The Bertz CT molecular complexity index is 487. The van der Waals surface area contributed by atoms with E-state index < -0.39 is 0 Å². The molecule has 1 aliphatic heterocycles. The Morgan fingerprint density at radius 2 is 2.19 bits per heavy atom. The van der Waals surface area contributed by atoms with Crippen LogP contribution in [0.4, 0.5) is 0 Å². The van der Waals surface area contributed by atoms with E-state index in [2.05, 4.69) is 16.8 Å². The Morgan fingerprint density at radius 3 is 2.90 bits per heavy atom. The Balaban J connectivity index is 1.83. The van der Waals surface area contributed by atoms with Crippen molar-refractivity contribution in [2.75, 3.05) is 39.3 Å². The molecular weight excluding hydrogens is 286 g/mol. The summed E-state index contributed by atoms with van der Waals surface area (Å²) in [6.45, 7) is 7.45. The molecule has 0 aliphatic carbocycles. The first-order valence-corrected chi connectivity index (χ1v) is 8.06. The smallest absolute Gasteiger partial charge is 0.254 e. The van der Waals surface area contributed by atoms with Gasteiger partial charge in [-0.15, -0.1) is 6.58 Å². The highest BCUT2D eigenvalue weighted by atomic mass is 32.1. The zero-order chi connectivity index (χ0) is 15.1. The summed E-state index contributed by atoms with van der Waals surface area (Å²) in [5.41, 5.74) is 0.761. The Morgan fingerprint density at radius 1 is 1.33 bits per heavy atom. The topological polar surface area (TPSA) is 52.7 Å². The maximum atomic E-state index is 12.3. The van der Waals surface area contributed by atoms with Gasteiger partial charge in [0.2, 0.25) is 5.91 Å². The summed E-state index contributed by atoms with van der Waals surface area (Å²) in [4.78, 5) is 28.0. The minimum Gasteiger partial charge on any atom is -0.352 e. The third-order valence-electron chi connectivity index (χ3n) is 3.45. The standard InChI is InChI=1S/C15H21N3O2S/c1-2-5-16-14(19)11-17-6-3-7-18(9-8-17)15(20)13-4-10-21-12-13/h2,4,10,12H,1,3,5-9,11H2,(H,16,19). The maximum Gasteiger partial charge on any atom is 0.254 e. The van der Waals surface area contributed by atoms with Crippen LogP contribution in [-0.4, -0.2) is 60.9 Å². The van der Waals surface area contributed by atoms with Crippen LogP contribution in [0.2, 0.25) is 0 Å². The summed E-state index contributed by atoms with van der Waals surface area (Å²) >= 11 is 1.53. The van der Waals surface area contributed by atoms with E-state index in [9.17, 15) is 9.59 Å². The number of nitrogens with one attached hydrogen (secondary N) is 1. The first kappa shape index (κ1) is 15.7. The third kappa shape index (κ3) is 4.68. The monoisotopic (exact) mass is 307 g/mol. The van der Waals surface area contributed by atoms with Gasteiger partial charge in [-0.25, -0.2) is 0 Å². The lowest BCUT2D eigenvalue weighted by molar-refractivity contribution is -0.122. The molecule has 1 aromatic rings. The molecule has 0 bridgehead atoms. The Hall–Kier alpha value is -1.66. The van der Waals surface area contributed by atoms with Crippen LogP contribution >= 0.6 is 11.3 Å². The molecule has 2 amide bonds. The number of hydrogen-bond donors (Lipinski definition) is 1. The molecule has 1 saturated heterocycles. The average Bonchev–Trinajstić information content (AvgIpc) is 2.92. The number of rotatable bonds is 5. The SMILES string of the molecule is C=CCNC(=O)CN1CCCN(C(=O)c2ccsc2)CC1. The van der Waals surface area contributed by atoms with E-state index in [-0.39, 0.29) is 11.8 Å². The number of carbonyl (C=O) groups excluding carboxylic acids is 2. The number of thiophene rings is 1. The number of carbonyl (C=O) groups is 2. The van der Waals surface area contributed by atoms with Gasteiger partial charge in [-0.2, -0.15) is 11.3 Å². The Labute approximate surface area is 129 Å². The molecule has 114 valence electrons. The second kappa shape index (κ2) is 7.95. The van der Waals surface area contributed by atoms with E-state index in [1.54, 1.807) is 6.08 Å². The van der Waals surface area contributed by atoms with Gasteiger partial charge in [0, 0.05) is 38.1 Å². The van der Waals surface area contributed by atoms with Crippen LogP contribution in [0, 0.1) is 0 Å².